The van der Waals surface area contributed by atoms with E-state index in [-0.39, 0.29) is 0 Å². The maximum atomic E-state index is 6.11. The summed E-state index contributed by atoms with van der Waals surface area (Å²) < 4.78 is 1.96. The molecule has 0 aliphatic rings. The quantitative estimate of drug-likeness (QED) is 0.928. The van der Waals surface area contributed by atoms with Gasteiger partial charge in [0, 0.05) is 28.2 Å². The van der Waals surface area contributed by atoms with Crippen molar-refractivity contribution in [2.45, 2.75) is 13.0 Å². The molecule has 0 saturated heterocycles. The van der Waals surface area contributed by atoms with Crippen molar-refractivity contribution in [3.05, 3.63) is 52.0 Å². The fourth-order valence-corrected chi connectivity index (χ4v) is 2.15. The van der Waals surface area contributed by atoms with Crippen LogP contribution < -0.4 is 5.73 Å². The van der Waals surface area contributed by atoms with Crippen LogP contribution in [0.2, 0.25) is 10.0 Å². The number of nitrogens with zero attached hydrogens (tertiary/aromatic N) is 2. The Morgan fingerprint density at radius 1 is 1.24 bits per heavy atom. The fourth-order valence-electron chi connectivity index (χ4n) is 1.64. The molecule has 0 aliphatic carbocycles. The molecular weight excluding hydrogens is 257 g/mol. The van der Waals surface area contributed by atoms with Crippen LogP contribution in [0.25, 0.3) is 0 Å². The Kier molecular flexibility index (Phi) is 4.05. The van der Waals surface area contributed by atoms with E-state index in [0.717, 1.165) is 17.7 Å². The first-order valence-electron chi connectivity index (χ1n) is 5.34. The summed E-state index contributed by atoms with van der Waals surface area (Å²) >= 11 is 12.2. The van der Waals surface area contributed by atoms with Gasteiger partial charge in [-0.1, -0.05) is 29.3 Å². The van der Waals surface area contributed by atoms with Gasteiger partial charge in [-0.3, -0.25) is 0 Å². The molecule has 2 rings (SSSR count). The summed E-state index contributed by atoms with van der Waals surface area (Å²) in [4.78, 5) is 4.26. The van der Waals surface area contributed by atoms with Gasteiger partial charge in [0.05, 0.1) is 18.6 Å². The van der Waals surface area contributed by atoms with Gasteiger partial charge in [0.2, 0.25) is 0 Å². The number of nitrogens with two attached hydrogens (primary N) is 1. The summed E-state index contributed by atoms with van der Waals surface area (Å²) in [6, 6.07) is 5.50. The van der Waals surface area contributed by atoms with Gasteiger partial charge < -0.3 is 10.3 Å². The van der Waals surface area contributed by atoms with Crippen LogP contribution in [0.3, 0.4) is 0 Å². The molecule has 90 valence electrons. The standard InChI is InChI=1S/C12H13Cl2N3/c13-11-2-1-3-12(14)10(11)7-17-6-9(4-5-15)16-8-17/h1-3,6,8H,4-5,7,15H2. The minimum Gasteiger partial charge on any atom is -0.333 e. The van der Waals surface area contributed by atoms with E-state index in [9.17, 15) is 0 Å². The van der Waals surface area contributed by atoms with Crippen molar-refractivity contribution in [3.63, 3.8) is 0 Å². The minimum atomic E-state index is 0.601. The molecule has 1 aromatic carbocycles. The summed E-state index contributed by atoms with van der Waals surface area (Å²) in [5.41, 5.74) is 7.37. The molecule has 0 unspecified atom stereocenters. The Labute approximate surface area is 110 Å². The normalized spacial score (nSPS) is 10.8. The van der Waals surface area contributed by atoms with Crippen molar-refractivity contribution < 1.29 is 0 Å². The topological polar surface area (TPSA) is 43.8 Å². The second-order valence-corrected chi connectivity index (χ2v) is 4.59. The summed E-state index contributed by atoms with van der Waals surface area (Å²) in [5.74, 6) is 0. The maximum absolute atomic E-state index is 6.11. The van der Waals surface area contributed by atoms with E-state index in [0.29, 0.717) is 23.1 Å². The van der Waals surface area contributed by atoms with Gasteiger partial charge in [-0.2, -0.15) is 0 Å². The van der Waals surface area contributed by atoms with E-state index in [1.165, 1.54) is 0 Å². The summed E-state index contributed by atoms with van der Waals surface area (Å²) in [6.07, 6.45) is 4.51. The van der Waals surface area contributed by atoms with Gasteiger partial charge >= 0.3 is 0 Å². The minimum absolute atomic E-state index is 0.601. The van der Waals surface area contributed by atoms with Crippen LogP contribution >= 0.6 is 23.2 Å². The fraction of sp³-hybridized carbons (Fsp3) is 0.250. The van der Waals surface area contributed by atoms with E-state index in [1.54, 1.807) is 6.33 Å². The van der Waals surface area contributed by atoms with Crippen molar-refractivity contribution >= 4 is 23.2 Å². The lowest BCUT2D eigenvalue weighted by Crippen LogP contribution is -2.03. The van der Waals surface area contributed by atoms with E-state index in [1.807, 2.05) is 29.0 Å². The highest BCUT2D eigenvalue weighted by Gasteiger charge is 2.06. The highest BCUT2D eigenvalue weighted by atomic mass is 35.5. The van der Waals surface area contributed by atoms with Gasteiger partial charge in [0.15, 0.2) is 0 Å². The Balaban J connectivity index is 2.19. The first-order chi connectivity index (χ1) is 8.20. The van der Waals surface area contributed by atoms with Crippen molar-refractivity contribution in [3.8, 4) is 0 Å². The van der Waals surface area contributed by atoms with Crippen molar-refractivity contribution in [1.82, 2.24) is 9.55 Å². The van der Waals surface area contributed by atoms with E-state index in [2.05, 4.69) is 4.98 Å². The average molecular weight is 270 g/mol. The molecule has 17 heavy (non-hydrogen) atoms. The maximum Gasteiger partial charge on any atom is 0.0952 e. The lowest BCUT2D eigenvalue weighted by Gasteiger charge is -2.07. The number of halogens is 2. The molecule has 1 aromatic heterocycles. The third kappa shape index (κ3) is 3.00. The third-order valence-electron chi connectivity index (χ3n) is 2.49. The molecule has 0 amide bonds. The number of aromatic nitrogens is 2. The molecule has 0 atom stereocenters. The van der Waals surface area contributed by atoms with Gasteiger partial charge in [-0.05, 0) is 18.7 Å². The predicted molar refractivity (Wildman–Crippen MR) is 70.5 cm³/mol. The van der Waals surface area contributed by atoms with Gasteiger partial charge in [0.25, 0.3) is 0 Å². The number of imidazole rings is 1. The van der Waals surface area contributed by atoms with Gasteiger partial charge in [-0.15, -0.1) is 0 Å². The number of hydrogen-bond donors (Lipinski definition) is 1. The van der Waals surface area contributed by atoms with Gasteiger partial charge in [-0.25, -0.2) is 4.98 Å². The first-order valence-corrected chi connectivity index (χ1v) is 6.10. The van der Waals surface area contributed by atoms with Crippen LogP contribution in [-0.2, 0) is 13.0 Å². The van der Waals surface area contributed by atoms with Crippen molar-refractivity contribution in [2.24, 2.45) is 5.73 Å². The van der Waals surface area contributed by atoms with Crippen LogP contribution in [0.5, 0.6) is 0 Å². The van der Waals surface area contributed by atoms with Crippen LogP contribution in [0.4, 0.5) is 0 Å². The molecule has 2 aromatic rings. The van der Waals surface area contributed by atoms with Gasteiger partial charge in [0.1, 0.15) is 0 Å². The van der Waals surface area contributed by atoms with Crippen LogP contribution in [0, 0.1) is 0 Å². The largest absolute Gasteiger partial charge is 0.333 e. The zero-order valence-corrected chi connectivity index (χ0v) is 10.7. The molecule has 0 fully saturated rings. The Morgan fingerprint density at radius 2 is 1.94 bits per heavy atom. The Bertz CT molecular complexity index is 488. The molecule has 5 heteroatoms. The third-order valence-corrected chi connectivity index (χ3v) is 3.20. The second-order valence-electron chi connectivity index (χ2n) is 3.78. The molecule has 0 saturated carbocycles. The molecule has 0 radical (unpaired) electrons. The monoisotopic (exact) mass is 269 g/mol. The molecular formula is C12H13Cl2N3. The SMILES string of the molecule is NCCc1cn(Cc2c(Cl)cccc2Cl)cn1. The highest BCUT2D eigenvalue weighted by Crippen LogP contribution is 2.25. The number of hydrogen-bond acceptors (Lipinski definition) is 2. The Morgan fingerprint density at radius 3 is 2.59 bits per heavy atom. The van der Waals surface area contributed by atoms with Crippen molar-refractivity contribution in [2.75, 3.05) is 6.54 Å². The number of benzene rings is 1. The summed E-state index contributed by atoms with van der Waals surface area (Å²) in [6.45, 7) is 1.22. The van der Waals surface area contributed by atoms with E-state index >= 15 is 0 Å². The molecule has 1 heterocycles. The number of rotatable bonds is 4. The lowest BCUT2D eigenvalue weighted by atomic mass is 10.2. The molecule has 0 bridgehead atoms. The molecule has 3 nitrogen and oxygen atoms in total. The Hall–Kier alpha value is -1.03. The lowest BCUT2D eigenvalue weighted by molar-refractivity contribution is 0.796. The van der Waals surface area contributed by atoms with Crippen LogP contribution in [0.1, 0.15) is 11.3 Å². The zero-order valence-electron chi connectivity index (χ0n) is 9.24. The highest BCUT2D eigenvalue weighted by molar-refractivity contribution is 6.35. The summed E-state index contributed by atoms with van der Waals surface area (Å²) in [5, 5.41) is 1.35. The molecule has 2 N–H and O–H groups in total. The second kappa shape index (κ2) is 5.54. The summed E-state index contributed by atoms with van der Waals surface area (Å²) in [7, 11) is 0. The molecule has 0 spiro atoms. The van der Waals surface area contributed by atoms with E-state index in [4.69, 9.17) is 28.9 Å². The van der Waals surface area contributed by atoms with Crippen molar-refractivity contribution in [1.29, 1.82) is 0 Å². The predicted octanol–water partition coefficient (Wildman–Crippen LogP) is 2.74. The average Bonchev–Trinajstić information content (AvgIpc) is 2.72. The zero-order chi connectivity index (χ0) is 12.3. The first kappa shape index (κ1) is 12.4. The van der Waals surface area contributed by atoms with E-state index < -0.39 is 0 Å². The molecule has 0 aliphatic heterocycles. The smallest absolute Gasteiger partial charge is 0.0952 e. The van der Waals surface area contributed by atoms with Crippen LogP contribution in [0.15, 0.2) is 30.7 Å². The van der Waals surface area contributed by atoms with Crippen LogP contribution in [-0.4, -0.2) is 16.1 Å².